The molecule has 0 spiro atoms. The number of Topliss-reactive ketones (excluding diaryl/α,β-unsaturated/α-hetero) is 1. The van der Waals surface area contributed by atoms with Crippen LogP contribution >= 0.6 is 0 Å². The van der Waals surface area contributed by atoms with Gasteiger partial charge in [-0.3, -0.25) is 4.79 Å². The number of benzene rings is 2. The topological polar surface area (TPSA) is 45.2 Å². The fraction of sp³-hybridized carbons (Fsp3) is 0.333. The molecule has 174 valence electrons. The molecule has 2 aliphatic rings. The van der Waals surface area contributed by atoms with Crippen LogP contribution in [0.1, 0.15) is 50.9 Å². The number of aryl methyl sites for hydroxylation is 1. The van der Waals surface area contributed by atoms with Crippen LogP contribution in [-0.2, 0) is 16.8 Å². The maximum Gasteiger partial charge on any atom is 0.209 e. The molecule has 0 atom stereocenters. The van der Waals surface area contributed by atoms with Crippen molar-refractivity contribution in [2.24, 2.45) is 5.92 Å². The number of carbonyl (C=O) groups excluding carboxylic acids is 1. The molecule has 0 saturated heterocycles. The predicted octanol–water partition coefficient (Wildman–Crippen LogP) is 6.48. The predicted molar refractivity (Wildman–Crippen MR) is 139 cm³/mol. The molecule has 0 saturated carbocycles. The molecule has 0 fully saturated rings. The molecule has 4 nitrogen and oxygen atoms in total. The van der Waals surface area contributed by atoms with E-state index in [1.807, 2.05) is 37.4 Å². The Kier molecular flexibility index (Phi) is 5.16. The summed E-state index contributed by atoms with van der Waals surface area (Å²) in [4.78, 5) is 13.5. The van der Waals surface area contributed by atoms with Crippen molar-refractivity contribution in [1.29, 1.82) is 0 Å². The summed E-state index contributed by atoms with van der Waals surface area (Å²) < 4.78 is 4.42. The van der Waals surface area contributed by atoms with E-state index in [1.165, 1.54) is 5.56 Å². The smallest absolute Gasteiger partial charge is 0.209 e. The number of carbonyl (C=O) groups is 1. The van der Waals surface area contributed by atoms with Crippen molar-refractivity contribution >= 4 is 33.7 Å². The Morgan fingerprint density at radius 3 is 2.44 bits per heavy atom. The third-order valence-corrected chi connectivity index (χ3v) is 7.60. The van der Waals surface area contributed by atoms with E-state index < -0.39 is 0 Å². The highest BCUT2D eigenvalue weighted by molar-refractivity contribution is 6.41. The average Bonchev–Trinajstić information content (AvgIpc) is 3.19. The first kappa shape index (κ1) is 22.4. The van der Waals surface area contributed by atoms with Gasteiger partial charge in [-0.2, -0.15) is 4.58 Å². The van der Waals surface area contributed by atoms with Gasteiger partial charge in [0.25, 0.3) is 0 Å². The molecule has 34 heavy (non-hydrogen) atoms. The monoisotopic (exact) mass is 453 g/mol. The number of rotatable bonds is 5. The molecule has 0 unspecified atom stereocenters. The third kappa shape index (κ3) is 3.12. The Bertz CT molecular complexity index is 1440. The molecule has 0 bridgehead atoms. The summed E-state index contributed by atoms with van der Waals surface area (Å²) >= 11 is 0. The van der Waals surface area contributed by atoms with E-state index in [1.54, 1.807) is 0 Å². The lowest BCUT2D eigenvalue weighted by Gasteiger charge is -2.23. The first-order valence-electron chi connectivity index (χ1n) is 12.1. The summed E-state index contributed by atoms with van der Waals surface area (Å²) in [6, 6.07) is 16.5. The summed E-state index contributed by atoms with van der Waals surface area (Å²) in [5.74, 6) is 0.608. The summed E-state index contributed by atoms with van der Waals surface area (Å²) in [6.45, 7) is 11.7. The molecule has 0 radical (unpaired) electrons. The van der Waals surface area contributed by atoms with Crippen molar-refractivity contribution in [2.45, 2.75) is 53.0 Å². The second-order valence-corrected chi connectivity index (χ2v) is 10.5. The maximum atomic E-state index is 13.5. The van der Waals surface area contributed by atoms with Crippen LogP contribution in [0.4, 0.5) is 5.69 Å². The second-order valence-electron chi connectivity index (χ2n) is 10.5. The first-order chi connectivity index (χ1) is 16.1. The Labute approximate surface area is 201 Å². The van der Waals surface area contributed by atoms with Crippen molar-refractivity contribution in [1.82, 2.24) is 4.57 Å². The number of hydrogen-bond acceptors (Lipinski definition) is 2. The van der Waals surface area contributed by atoms with Gasteiger partial charge in [0.2, 0.25) is 11.5 Å². The number of aromatic nitrogens is 1. The number of aliphatic hydroxyl groups excluding tert-OH is 1. The van der Waals surface area contributed by atoms with Crippen molar-refractivity contribution in [3.8, 4) is 0 Å². The van der Waals surface area contributed by atoms with Gasteiger partial charge in [-0.15, -0.1) is 0 Å². The van der Waals surface area contributed by atoms with E-state index in [0.29, 0.717) is 17.1 Å². The molecule has 1 aliphatic carbocycles. The molecule has 2 aromatic carbocycles. The van der Waals surface area contributed by atoms with Crippen molar-refractivity contribution in [2.75, 3.05) is 7.05 Å². The zero-order valence-electron chi connectivity index (χ0n) is 20.9. The summed E-state index contributed by atoms with van der Waals surface area (Å²) in [5, 5.41) is 12.2. The van der Waals surface area contributed by atoms with Gasteiger partial charge in [0.15, 0.2) is 5.71 Å². The maximum absolute atomic E-state index is 13.5. The SMILES string of the molecule is Cc1c(C2=C(O)C(=CC3=[N+](C)c4ccccc4C3(C)C)C2=O)c2ccccc2n1CCC(C)C. The van der Waals surface area contributed by atoms with Gasteiger partial charge in [0.05, 0.1) is 16.6 Å². The van der Waals surface area contributed by atoms with Crippen LogP contribution in [0, 0.1) is 12.8 Å². The molecule has 1 N–H and O–H groups in total. The number of fused-ring (bicyclic) bond motifs is 2. The van der Waals surface area contributed by atoms with Crippen LogP contribution in [0.2, 0.25) is 0 Å². The minimum atomic E-state index is -0.253. The molecule has 0 amide bonds. The van der Waals surface area contributed by atoms with Gasteiger partial charge in [0.1, 0.15) is 12.8 Å². The quantitative estimate of drug-likeness (QED) is 0.355. The van der Waals surface area contributed by atoms with Gasteiger partial charge in [0, 0.05) is 46.4 Å². The highest BCUT2D eigenvalue weighted by Gasteiger charge is 2.45. The zero-order valence-corrected chi connectivity index (χ0v) is 20.9. The number of aliphatic hydroxyl groups is 1. The number of allylic oxidation sites excluding steroid dienone is 3. The number of hydrogen-bond donors (Lipinski definition) is 1. The molecule has 1 aromatic heterocycles. The van der Waals surface area contributed by atoms with Gasteiger partial charge < -0.3 is 9.67 Å². The fourth-order valence-electron chi connectivity index (χ4n) is 5.61. The van der Waals surface area contributed by atoms with Crippen LogP contribution < -0.4 is 0 Å². The molecule has 5 rings (SSSR count). The Hall–Kier alpha value is -3.40. The molecule has 2 heterocycles. The number of ketones is 1. The highest BCUT2D eigenvalue weighted by atomic mass is 16.3. The van der Waals surface area contributed by atoms with Crippen molar-refractivity contribution < 1.29 is 14.5 Å². The largest absolute Gasteiger partial charge is 0.506 e. The van der Waals surface area contributed by atoms with E-state index in [-0.39, 0.29) is 17.0 Å². The summed E-state index contributed by atoms with van der Waals surface area (Å²) in [6.07, 6.45) is 2.94. The lowest BCUT2D eigenvalue weighted by atomic mass is 9.77. The molecular weight excluding hydrogens is 420 g/mol. The van der Waals surface area contributed by atoms with E-state index in [2.05, 4.69) is 68.0 Å². The van der Waals surface area contributed by atoms with Gasteiger partial charge in [-0.1, -0.05) is 50.2 Å². The van der Waals surface area contributed by atoms with Gasteiger partial charge >= 0.3 is 0 Å². The van der Waals surface area contributed by atoms with E-state index >= 15 is 0 Å². The highest BCUT2D eigenvalue weighted by Crippen LogP contribution is 2.44. The van der Waals surface area contributed by atoms with Crippen LogP contribution in [0.5, 0.6) is 0 Å². The Morgan fingerprint density at radius 1 is 1.09 bits per heavy atom. The van der Waals surface area contributed by atoms with Crippen LogP contribution in [0.3, 0.4) is 0 Å². The molecule has 4 heteroatoms. The van der Waals surface area contributed by atoms with Crippen LogP contribution in [0.25, 0.3) is 16.5 Å². The van der Waals surface area contributed by atoms with Crippen LogP contribution in [0.15, 0.2) is 65.9 Å². The fourth-order valence-corrected chi connectivity index (χ4v) is 5.61. The summed E-state index contributed by atoms with van der Waals surface area (Å²) in [5.41, 5.74) is 6.98. The first-order valence-corrected chi connectivity index (χ1v) is 12.1. The van der Waals surface area contributed by atoms with E-state index in [0.717, 1.165) is 46.5 Å². The molecule has 3 aromatic rings. The lowest BCUT2D eigenvalue weighted by Crippen LogP contribution is -2.30. The Balaban J connectivity index is 1.62. The van der Waals surface area contributed by atoms with Gasteiger partial charge in [-0.05, 0) is 39.2 Å². The van der Waals surface area contributed by atoms with Gasteiger partial charge in [-0.25, -0.2) is 0 Å². The Morgan fingerprint density at radius 2 is 1.76 bits per heavy atom. The van der Waals surface area contributed by atoms with E-state index in [9.17, 15) is 9.90 Å². The summed E-state index contributed by atoms with van der Waals surface area (Å²) in [7, 11) is 2.03. The number of nitrogens with zero attached hydrogens (tertiary/aromatic N) is 2. The third-order valence-electron chi connectivity index (χ3n) is 7.60. The second kappa shape index (κ2) is 7.83. The standard InChI is InChI=1S/C30H32N2O2/c1-18(2)15-16-32-19(3)26(20-11-7-9-13-23(20)32)27-28(33)21(29(27)34)17-25-30(4,5)22-12-8-10-14-24(22)31(25)6/h7-14,17-18H,15-16H2,1-6H3/p+1. The lowest BCUT2D eigenvalue weighted by molar-refractivity contribution is -0.401. The minimum Gasteiger partial charge on any atom is -0.506 e. The number of para-hydroxylation sites is 2. The van der Waals surface area contributed by atoms with Crippen molar-refractivity contribution in [3.05, 3.63) is 82.8 Å². The zero-order chi connectivity index (χ0) is 24.4. The average molecular weight is 454 g/mol. The normalized spacial score (nSPS) is 18.4. The molecular formula is C30H33N2O2+. The van der Waals surface area contributed by atoms with Crippen molar-refractivity contribution in [3.63, 3.8) is 0 Å². The van der Waals surface area contributed by atoms with E-state index in [4.69, 9.17) is 0 Å². The van der Waals surface area contributed by atoms with Crippen LogP contribution in [-0.4, -0.2) is 32.8 Å². The molecule has 1 aliphatic heterocycles. The minimum absolute atomic E-state index is 0.0833.